The summed E-state index contributed by atoms with van der Waals surface area (Å²) in [5.41, 5.74) is 4.03. The minimum absolute atomic E-state index is 0.0123. The van der Waals surface area contributed by atoms with Crippen LogP contribution in [0, 0.1) is 23.2 Å². The van der Waals surface area contributed by atoms with Gasteiger partial charge in [-0.1, -0.05) is 55.9 Å². The number of nitrogens with one attached hydrogen (secondary N) is 3. The first-order chi connectivity index (χ1) is 48.6. The maximum Gasteiger partial charge on any atom is 0.410 e. The van der Waals surface area contributed by atoms with E-state index in [1.807, 2.05) is 40.8 Å². The van der Waals surface area contributed by atoms with Gasteiger partial charge in [-0.3, -0.25) is 43.4 Å². The van der Waals surface area contributed by atoms with E-state index in [-0.39, 0.29) is 116 Å². The lowest BCUT2D eigenvalue weighted by Crippen LogP contribution is -2.46. The van der Waals surface area contributed by atoms with Crippen molar-refractivity contribution in [3.63, 3.8) is 0 Å². The predicted octanol–water partition coefficient (Wildman–Crippen LogP) is 7.82. The molecule has 5 fully saturated rings. The molecule has 7 aliphatic rings. The van der Waals surface area contributed by atoms with Crippen LogP contribution < -0.4 is 25.6 Å². The Hall–Kier alpha value is -9.53. The van der Waals surface area contributed by atoms with Crippen LogP contribution in [0.5, 0.6) is 5.75 Å². The molecule has 4 bridgehead atoms. The van der Waals surface area contributed by atoms with Crippen molar-refractivity contribution >= 4 is 102 Å². The molecule has 0 spiro atoms. The van der Waals surface area contributed by atoms with Gasteiger partial charge in [0.2, 0.25) is 18.1 Å². The molecular formula is C71H81N11O18S2. The zero-order valence-electron chi connectivity index (χ0n) is 56.6. The molecule has 4 aromatic heterocycles. The average molecular weight is 1440 g/mol. The predicted molar refractivity (Wildman–Crippen MR) is 372 cm³/mol. The summed E-state index contributed by atoms with van der Waals surface area (Å²) in [7, 11) is -4.52. The molecule has 3 aliphatic heterocycles. The molecule has 7 heterocycles. The van der Waals surface area contributed by atoms with Crippen LogP contribution in [0.25, 0.3) is 27.6 Å². The molecule has 31 heteroatoms. The Labute approximate surface area is 591 Å². The summed E-state index contributed by atoms with van der Waals surface area (Å²) in [4.78, 5) is 121. The quantitative estimate of drug-likeness (QED) is 0.0128. The highest BCUT2D eigenvalue weighted by molar-refractivity contribution is 7.85. The summed E-state index contributed by atoms with van der Waals surface area (Å²) in [6.45, 7) is 7.29. The number of hydrogen-bond donors (Lipinski definition) is 7. The molecule has 0 radical (unpaired) electrons. The zero-order valence-corrected chi connectivity index (χ0v) is 58.3. The van der Waals surface area contributed by atoms with Crippen LogP contribution in [-0.2, 0) is 67.8 Å². The van der Waals surface area contributed by atoms with Crippen LogP contribution in [0.3, 0.4) is 0 Å². The standard InChI is InChI=1S/C71H81N11O18S2/c1-43-49(47-16-18-55(77-61(47)65(91)92)80-26-22-45-11-7-12-48(50(45)36-80)62(88)78-66-76-51-13-8-23-73-63(51)101-66)35-74-82(43)42-70-38-68(2)37-69(70,3)40-71(39-68,41-70)98-30-27-79(28-31-102(94,95)96)67(93)97-29-9-10-44-15-17-53(99-60-34-46(83)33-54(100-60)64(89)90)52(32-44)75-57(85)21-24-72-56(84)14-5-4-6-25-81-58(86)19-20-59(81)87/h7-13,15-20,23,32,35,46,54,60,83H,4-6,14,21-22,24-31,33-34,36-42H2,1-3H3,(H,72,84)(H,75,85)(H,89,90)(H,91,92)(H,76,78,88)(H,94,95,96)/b10-9+/t46-,54-,60+,68?,69?,70?,71?/m0/s1. The third-order valence-corrected chi connectivity index (χ3v) is 21.9. The van der Waals surface area contributed by atoms with Crippen molar-refractivity contribution in [1.29, 1.82) is 0 Å². The number of thiazole rings is 1. The topological polar surface area (TPSA) is 391 Å². The van der Waals surface area contributed by atoms with Gasteiger partial charge in [0, 0.05) is 112 Å². The summed E-state index contributed by atoms with van der Waals surface area (Å²) >= 11 is 1.28. The fourth-order valence-corrected chi connectivity index (χ4v) is 17.4. The number of anilines is 3. The number of nitrogens with zero attached hydrogens (tertiary/aromatic N) is 8. The number of rotatable bonds is 30. The van der Waals surface area contributed by atoms with E-state index in [0.717, 1.165) is 45.9 Å². The number of fused-ring (bicyclic) bond motifs is 2. The fourth-order valence-electron chi connectivity index (χ4n) is 16.1. The molecule has 4 saturated carbocycles. The lowest BCUT2D eigenvalue weighted by Gasteiger charge is -2.46. The Bertz CT molecular complexity index is 4410. The highest BCUT2D eigenvalue weighted by Gasteiger charge is 2.74. The van der Waals surface area contributed by atoms with Crippen LogP contribution in [0.1, 0.15) is 134 Å². The Morgan fingerprint density at radius 2 is 1.70 bits per heavy atom. The molecule has 540 valence electrons. The van der Waals surface area contributed by atoms with Crippen LogP contribution in [0.4, 0.5) is 21.4 Å². The van der Waals surface area contributed by atoms with Crippen molar-refractivity contribution in [1.82, 2.24) is 39.8 Å². The number of aliphatic carboxylic acids is 1. The summed E-state index contributed by atoms with van der Waals surface area (Å²) in [5.74, 6) is -4.63. The van der Waals surface area contributed by atoms with Crippen LogP contribution in [0.15, 0.2) is 91.3 Å². The maximum absolute atomic E-state index is 13.8. The Balaban J connectivity index is 0.664. The zero-order chi connectivity index (χ0) is 72.3. The van der Waals surface area contributed by atoms with E-state index in [2.05, 4.69) is 39.8 Å². The van der Waals surface area contributed by atoms with Crippen molar-refractivity contribution in [2.45, 2.75) is 141 Å². The van der Waals surface area contributed by atoms with Crippen LogP contribution >= 0.6 is 11.3 Å². The van der Waals surface area contributed by atoms with Gasteiger partial charge < -0.3 is 54.7 Å². The van der Waals surface area contributed by atoms with Gasteiger partial charge in [0.25, 0.3) is 27.8 Å². The number of carboxylic acids is 2. The molecule has 1 saturated heterocycles. The van der Waals surface area contributed by atoms with E-state index in [0.29, 0.717) is 102 Å². The largest absolute Gasteiger partial charge is 0.479 e. The second kappa shape index (κ2) is 29.8. The Morgan fingerprint density at radius 1 is 0.882 bits per heavy atom. The third-order valence-electron chi connectivity index (χ3n) is 20.3. The number of aromatic nitrogens is 5. The molecular weight excluding hydrogens is 1360 g/mol. The number of amides is 6. The molecule has 7 N–H and O–H groups in total. The van der Waals surface area contributed by atoms with E-state index in [1.165, 1.54) is 41.7 Å². The number of imide groups is 1. The van der Waals surface area contributed by atoms with E-state index >= 15 is 0 Å². The number of carbonyl (C=O) groups excluding carboxylic acids is 6. The SMILES string of the molecule is Cc1c(-c2ccc(N3CCc4cccc(C(=O)Nc5nc6cccnc6s5)c4C3)nc2C(=O)O)cnn1CC12CC3(C)CC(OCCN(CCS(=O)(=O)O)C(=O)OC/C=C/c4ccc(O[C@H]5C[C@@H](O)C[C@@H](C(=O)O)O5)c(NC(=O)CCNC(=O)CCCCCN5C(=O)C=CC5=O)c4)(CC1(C)C3)C2. The fraction of sp³-hybridized carbons (Fsp3) is 0.465. The highest BCUT2D eigenvalue weighted by Crippen LogP contribution is 2.78. The van der Waals surface area contributed by atoms with Crippen molar-refractivity contribution in [3.05, 3.63) is 125 Å². The second-order valence-corrected chi connectivity index (χ2v) is 30.5. The van der Waals surface area contributed by atoms with Gasteiger partial charge in [0.15, 0.2) is 16.9 Å². The lowest BCUT2D eigenvalue weighted by atomic mass is 9.65. The normalized spacial score (nSPS) is 23.4. The van der Waals surface area contributed by atoms with Gasteiger partial charge in [-0.25, -0.2) is 29.3 Å². The smallest absolute Gasteiger partial charge is 0.410 e. The minimum atomic E-state index is -4.52. The van der Waals surface area contributed by atoms with Crippen molar-refractivity contribution < 1.29 is 85.6 Å². The Morgan fingerprint density at radius 3 is 2.47 bits per heavy atom. The molecule has 6 amide bonds. The molecule has 4 aliphatic carbocycles. The van der Waals surface area contributed by atoms with Gasteiger partial charge in [0.1, 0.15) is 28.5 Å². The van der Waals surface area contributed by atoms with Crippen molar-refractivity contribution in [2.75, 3.05) is 67.2 Å². The number of benzene rings is 2. The van der Waals surface area contributed by atoms with E-state index in [4.69, 9.17) is 29.0 Å². The van der Waals surface area contributed by atoms with E-state index < -0.39 is 70.5 Å². The summed E-state index contributed by atoms with van der Waals surface area (Å²) < 4.78 is 60.0. The van der Waals surface area contributed by atoms with Gasteiger partial charge in [-0.05, 0) is 140 Å². The highest BCUT2D eigenvalue weighted by atomic mass is 32.2. The monoisotopic (exact) mass is 1440 g/mol. The van der Waals surface area contributed by atoms with E-state index in [9.17, 15) is 66.6 Å². The second-order valence-electron chi connectivity index (χ2n) is 27.9. The molecule has 2 aromatic carbocycles. The number of carboxylic acid groups (broad SMARTS) is 2. The summed E-state index contributed by atoms with van der Waals surface area (Å²) in [6.07, 6.45) is 10.3. The average Bonchev–Trinajstić information content (AvgIpc) is 1.50. The van der Waals surface area contributed by atoms with Crippen molar-refractivity contribution in [3.8, 4) is 16.9 Å². The summed E-state index contributed by atoms with van der Waals surface area (Å²) in [6, 6.07) is 17.4. The molecule has 13 rings (SSSR count). The maximum atomic E-state index is 13.8. The van der Waals surface area contributed by atoms with Gasteiger partial charge in [0.05, 0.1) is 35.9 Å². The Kier molecular flexibility index (Phi) is 21.1. The molecule has 6 aromatic rings. The molecule has 102 heavy (non-hydrogen) atoms. The molecule has 7 atom stereocenters. The number of carbonyl (C=O) groups is 8. The van der Waals surface area contributed by atoms with Crippen LogP contribution in [0.2, 0.25) is 0 Å². The number of aromatic carboxylic acids is 1. The number of unbranched alkanes of at least 4 members (excludes halogenated alkanes) is 2. The summed E-state index contributed by atoms with van der Waals surface area (Å²) in [5, 5.41) is 44.5. The molecule has 29 nitrogen and oxygen atoms in total. The minimum Gasteiger partial charge on any atom is -0.479 e. The first-order valence-corrected chi connectivity index (χ1v) is 36.4. The lowest BCUT2D eigenvalue weighted by molar-refractivity contribution is -0.195. The van der Waals surface area contributed by atoms with Crippen LogP contribution in [-0.4, -0.2) is 186 Å². The molecule has 4 unspecified atom stereocenters. The van der Waals surface area contributed by atoms with Gasteiger partial charge >= 0.3 is 18.0 Å². The number of hydrogen-bond acceptors (Lipinski definition) is 21. The first-order valence-electron chi connectivity index (χ1n) is 34.0. The number of ether oxygens (including phenoxy) is 4. The number of aliphatic hydroxyl groups is 1. The number of pyridine rings is 2. The van der Waals surface area contributed by atoms with Gasteiger partial charge in [-0.2, -0.15) is 13.5 Å². The first kappa shape index (κ1) is 72.3. The third kappa shape index (κ3) is 16.3. The van der Waals surface area contributed by atoms with Gasteiger partial charge in [-0.15, -0.1) is 0 Å². The number of aliphatic hydroxyl groups excluding tert-OH is 1. The van der Waals surface area contributed by atoms with E-state index in [1.54, 1.807) is 42.7 Å². The van der Waals surface area contributed by atoms with Crippen molar-refractivity contribution in [2.24, 2.45) is 16.2 Å².